The Bertz CT molecular complexity index is 1160. The summed E-state index contributed by atoms with van der Waals surface area (Å²) in [6.07, 6.45) is 5.07. The van der Waals surface area contributed by atoms with Gasteiger partial charge in [0, 0.05) is 32.2 Å². The fraction of sp³-hybridized carbons (Fsp3) is 0.583. The van der Waals surface area contributed by atoms with Crippen molar-refractivity contribution in [2.24, 2.45) is 34.8 Å². The molecule has 0 radical (unpaired) electrons. The molecule has 1 aliphatic heterocycles. The van der Waals surface area contributed by atoms with Gasteiger partial charge in [-0.2, -0.15) is 0 Å². The number of nitrogens with zero attached hydrogens (tertiary/aromatic N) is 6. The van der Waals surface area contributed by atoms with Crippen LogP contribution in [-0.2, 0) is 23.1 Å². The summed E-state index contributed by atoms with van der Waals surface area (Å²) in [6.45, 7) is 4.98. The largest absolute Gasteiger partial charge is 0.488 e. The van der Waals surface area contributed by atoms with Crippen LogP contribution in [0.1, 0.15) is 44.0 Å². The van der Waals surface area contributed by atoms with Crippen LogP contribution in [0.15, 0.2) is 22.1 Å². The molecule has 5 atom stereocenters. The second kappa shape index (κ2) is 9.73. The Morgan fingerprint density at radius 1 is 1.34 bits per heavy atom. The molecule has 0 spiro atoms. The van der Waals surface area contributed by atoms with Crippen molar-refractivity contribution in [3.05, 3.63) is 23.5 Å². The van der Waals surface area contributed by atoms with Crippen LogP contribution in [0.2, 0.25) is 0 Å². The Kier molecular flexibility index (Phi) is 6.50. The highest BCUT2D eigenvalue weighted by molar-refractivity contribution is 5.90. The van der Waals surface area contributed by atoms with Gasteiger partial charge in [0.15, 0.2) is 0 Å². The Hall–Kier alpha value is -3.34. The lowest BCUT2D eigenvalue weighted by Crippen LogP contribution is -2.39. The van der Waals surface area contributed by atoms with Crippen molar-refractivity contribution < 1.29 is 19.4 Å². The Morgan fingerprint density at radius 3 is 2.94 bits per heavy atom. The summed E-state index contributed by atoms with van der Waals surface area (Å²) in [4.78, 5) is 25.0. The van der Waals surface area contributed by atoms with Crippen LogP contribution in [0, 0.1) is 24.7 Å². The summed E-state index contributed by atoms with van der Waals surface area (Å²) in [6, 6.07) is 3.75. The van der Waals surface area contributed by atoms with Crippen LogP contribution in [-0.4, -0.2) is 62.2 Å². The van der Waals surface area contributed by atoms with Crippen LogP contribution in [0.4, 0.5) is 0 Å². The van der Waals surface area contributed by atoms with Crippen molar-refractivity contribution in [1.29, 1.82) is 0 Å². The normalized spacial score (nSPS) is 28.1. The molecule has 35 heavy (non-hydrogen) atoms. The maximum Gasteiger partial charge on any atom is 0.307 e. The van der Waals surface area contributed by atoms with Gasteiger partial charge >= 0.3 is 5.97 Å². The van der Waals surface area contributed by atoms with Gasteiger partial charge in [-0.25, -0.2) is 19.7 Å². The van der Waals surface area contributed by atoms with E-state index in [0.29, 0.717) is 42.7 Å². The van der Waals surface area contributed by atoms with E-state index in [1.165, 1.54) is 0 Å². The number of carboxylic acid groups (broad SMARTS) is 1. The van der Waals surface area contributed by atoms with Crippen molar-refractivity contribution >= 4 is 18.1 Å². The number of fused-ring (bicyclic) bond motifs is 1. The van der Waals surface area contributed by atoms with Gasteiger partial charge in [0.2, 0.25) is 5.96 Å². The van der Waals surface area contributed by atoms with E-state index in [1.807, 2.05) is 32.3 Å². The molecule has 5 rings (SSSR count). The molecule has 3 aliphatic rings. The maximum atomic E-state index is 11.4. The molecule has 0 bridgehead atoms. The van der Waals surface area contributed by atoms with Crippen LogP contribution >= 0.6 is 0 Å². The lowest BCUT2D eigenvalue weighted by atomic mass is 10.1. The highest BCUT2D eigenvalue weighted by Crippen LogP contribution is 2.58. The first-order chi connectivity index (χ1) is 17.0. The third-order valence-corrected chi connectivity index (χ3v) is 6.95. The standard InChI is InChI=1S/C24H31N7O4/c1-4-11-34-19-9-10-25-24(28-19)26-12-16-22(29-30-31(16)3)15-6-8-17(13(2)27-15)35-18-7-5-14-20(18)21(14)23(32)33/h6,8,10,14,18-21H,4-5,7,9,11-12H2,1-3H3,(H,26,28)(H,32,33)/t14-,18-,19?,20-,21?/m1/s1. The molecule has 2 fully saturated rings. The third kappa shape index (κ3) is 4.77. The molecule has 2 unspecified atom stereocenters. The lowest BCUT2D eigenvalue weighted by Gasteiger charge is -2.21. The summed E-state index contributed by atoms with van der Waals surface area (Å²) < 4.78 is 13.6. The van der Waals surface area contributed by atoms with E-state index >= 15 is 0 Å². The van der Waals surface area contributed by atoms with E-state index in [-0.39, 0.29) is 30.1 Å². The minimum Gasteiger partial charge on any atom is -0.488 e. The van der Waals surface area contributed by atoms with Gasteiger partial charge in [0.05, 0.1) is 29.5 Å². The second-order valence-electron chi connectivity index (χ2n) is 9.32. The molecule has 11 heteroatoms. The van der Waals surface area contributed by atoms with E-state index in [9.17, 15) is 9.90 Å². The molecule has 2 N–H and O–H groups in total. The van der Waals surface area contributed by atoms with Crippen LogP contribution < -0.4 is 10.1 Å². The van der Waals surface area contributed by atoms with Gasteiger partial charge < -0.3 is 19.9 Å². The molecular formula is C24H31N7O4. The predicted molar refractivity (Wildman–Crippen MR) is 128 cm³/mol. The number of rotatable bonds is 9. The zero-order chi connectivity index (χ0) is 24.5. The quantitative estimate of drug-likeness (QED) is 0.557. The molecule has 2 aliphatic carbocycles. The molecular weight excluding hydrogens is 450 g/mol. The smallest absolute Gasteiger partial charge is 0.307 e. The van der Waals surface area contributed by atoms with E-state index in [1.54, 1.807) is 4.68 Å². The summed E-state index contributed by atoms with van der Waals surface area (Å²) in [5.41, 5.74) is 2.88. The number of carbonyl (C=O) groups is 1. The Morgan fingerprint density at radius 2 is 2.20 bits per heavy atom. The van der Waals surface area contributed by atoms with Crippen LogP contribution in [0.5, 0.6) is 5.75 Å². The van der Waals surface area contributed by atoms with Crippen molar-refractivity contribution in [3.8, 4) is 17.1 Å². The molecule has 2 aromatic heterocycles. The number of guanidine groups is 1. The molecule has 0 amide bonds. The second-order valence-corrected chi connectivity index (χ2v) is 9.32. The first-order valence-electron chi connectivity index (χ1n) is 12.2. The number of pyridine rings is 1. The number of carboxylic acids is 1. The lowest BCUT2D eigenvalue weighted by molar-refractivity contribution is -0.139. The van der Waals surface area contributed by atoms with Gasteiger partial charge in [-0.05, 0) is 44.2 Å². The first kappa shape index (κ1) is 23.4. The number of hydrogen-bond donors (Lipinski definition) is 2. The third-order valence-electron chi connectivity index (χ3n) is 6.95. The number of ether oxygens (including phenoxy) is 2. The predicted octanol–water partition coefficient (Wildman–Crippen LogP) is 2.35. The average molecular weight is 482 g/mol. The molecule has 11 nitrogen and oxygen atoms in total. The SMILES string of the molecule is CCCOC1CC=NC(=NCc2c(-c3ccc(O[C@@H]4CC[C@H]5C(C(=O)O)[C@@H]45)c(C)n3)nnn2C)N1. The molecule has 0 saturated heterocycles. The number of aromatic nitrogens is 4. The number of nitrogens with one attached hydrogen (secondary N) is 1. The van der Waals surface area contributed by atoms with E-state index in [2.05, 4.69) is 32.5 Å². The number of aryl methyl sites for hydroxylation is 2. The average Bonchev–Trinajstić information content (AvgIpc) is 3.26. The summed E-state index contributed by atoms with van der Waals surface area (Å²) in [5, 5.41) is 21.1. The van der Waals surface area contributed by atoms with Gasteiger partial charge in [0.1, 0.15) is 23.8 Å². The van der Waals surface area contributed by atoms with Gasteiger partial charge in [-0.15, -0.1) is 5.10 Å². The van der Waals surface area contributed by atoms with Gasteiger partial charge in [-0.1, -0.05) is 12.1 Å². The highest BCUT2D eigenvalue weighted by atomic mass is 16.5. The zero-order valence-electron chi connectivity index (χ0n) is 20.2. The van der Waals surface area contributed by atoms with Crippen molar-refractivity contribution in [2.45, 2.75) is 58.4 Å². The van der Waals surface area contributed by atoms with E-state index in [4.69, 9.17) is 14.5 Å². The minimum absolute atomic E-state index is 0.0657. The molecule has 3 heterocycles. The van der Waals surface area contributed by atoms with Gasteiger partial charge in [-0.3, -0.25) is 4.79 Å². The number of aliphatic carboxylic acids is 1. The summed E-state index contributed by atoms with van der Waals surface area (Å²) in [5.74, 6) is 0.592. The minimum atomic E-state index is -0.713. The van der Waals surface area contributed by atoms with Crippen LogP contribution in [0.25, 0.3) is 11.4 Å². The van der Waals surface area contributed by atoms with Crippen LogP contribution in [0.3, 0.4) is 0 Å². The van der Waals surface area contributed by atoms with Crippen molar-refractivity contribution in [1.82, 2.24) is 25.3 Å². The molecule has 186 valence electrons. The van der Waals surface area contributed by atoms with E-state index in [0.717, 1.165) is 30.7 Å². The van der Waals surface area contributed by atoms with Crippen molar-refractivity contribution in [3.63, 3.8) is 0 Å². The molecule has 2 aromatic rings. The first-order valence-corrected chi connectivity index (χ1v) is 12.2. The summed E-state index contributed by atoms with van der Waals surface area (Å²) in [7, 11) is 1.83. The fourth-order valence-electron chi connectivity index (χ4n) is 5.12. The number of hydrogen-bond acceptors (Lipinski definition) is 7. The zero-order valence-corrected chi connectivity index (χ0v) is 20.2. The summed E-state index contributed by atoms with van der Waals surface area (Å²) >= 11 is 0. The highest BCUT2D eigenvalue weighted by Gasteiger charge is 2.63. The Balaban J connectivity index is 1.28. The monoisotopic (exact) mass is 481 g/mol. The number of aliphatic imine (C=N–C) groups is 2. The fourth-order valence-corrected chi connectivity index (χ4v) is 5.12. The molecule has 2 saturated carbocycles. The van der Waals surface area contributed by atoms with Crippen molar-refractivity contribution in [2.75, 3.05) is 6.61 Å². The topological polar surface area (TPSA) is 136 Å². The molecule has 0 aromatic carbocycles. The maximum absolute atomic E-state index is 11.4. The Labute approximate surface area is 203 Å². The van der Waals surface area contributed by atoms with Gasteiger partial charge in [0.25, 0.3) is 0 Å². The van der Waals surface area contributed by atoms with E-state index < -0.39 is 5.97 Å².